The lowest BCUT2D eigenvalue weighted by atomic mass is 10.1. The molecule has 0 unspecified atom stereocenters. The van der Waals surface area contributed by atoms with E-state index in [0.29, 0.717) is 11.3 Å². The number of methoxy groups -OCH3 is 1. The number of amides is 1. The number of para-hydroxylation sites is 2. The van der Waals surface area contributed by atoms with Crippen molar-refractivity contribution >= 4 is 28.9 Å². The van der Waals surface area contributed by atoms with Gasteiger partial charge in [-0.25, -0.2) is 0 Å². The fourth-order valence-electron chi connectivity index (χ4n) is 2.43. The Morgan fingerprint density at radius 2 is 1.57 bits per heavy atom. The van der Waals surface area contributed by atoms with Gasteiger partial charge in [0.1, 0.15) is 5.75 Å². The summed E-state index contributed by atoms with van der Waals surface area (Å²) in [6, 6.07) is 11.4. The Balaban J connectivity index is 2.15. The van der Waals surface area contributed by atoms with Gasteiger partial charge in [0.2, 0.25) is 0 Å². The fourth-order valence-corrected chi connectivity index (χ4v) is 2.62. The van der Waals surface area contributed by atoms with Gasteiger partial charge in [0.15, 0.2) is 5.11 Å². The van der Waals surface area contributed by atoms with Crippen LogP contribution in [0.25, 0.3) is 0 Å². The second kappa shape index (κ2) is 7.24. The largest absolute Gasteiger partial charge is 0.496 e. The van der Waals surface area contributed by atoms with Crippen LogP contribution in [0.2, 0.25) is 0 Å². The average Bonchev–Trinajstić information content (AvgIpc) is 2.50. The quantitative estimate of drug-likeness (QED) is 0.843. The Kier molecular flexibility index (Phi) is 5.34. The predicted molar refractivity (Wildman–Crippen MR) is 97.3 cm³/mol. The van der Waals surface area contributed by atoms with Crippen molar-refractivity contribution in [2.75, 3.05) is 12.4 Å². The molecule has 0 aromatic heterocycles. The summed E-state index contributed by atoms with van der Waals surface area (Å²) in [7, 11) is 1.55. The lowest BCUT2D eigenvalue weighted by molar-refractivity contribution is 0.0974. The zero-order valence-electron chi connectivity index (χ0n) is 13.7. The zero-order valence-corrected chi connectivity index (χ0v) is 14.5. The molecule has 4 nitrogen and oxygen atoms in total. The number of carbonyl (C=O) groups excluding carboxylic acids is 1. The molecule has 0 saturated carbocycles. The van der Waals surface area contributed by atoms with Gasteiger partial charge in [-0.2, -0.15) is 0 Å². The van der Waals surface area contributed by atoms with Gasteiger partial charge in [-0.15, -0.1) is 0 Å². The monoisotopic (exact) mass is 328 g/mol. The summed E-state index contributed by atoms with van der Waals surface area (Å²) in [6.07, 6.45) is 0. The maximum atomic E-state index is 12.4. The number of nitrogens with one attached hydrogen (secondary N) is 2. The highest BCUT2D eigenvalue weighted by atomic mass is 32.1. The molecule has 120 valence electrons. The number of aryl methyl sites for hydroxylation is 3. The molecule has 0 heterocycles. The van der Waals surface area contributed by atoms with Crippen LogP contribution < -0.4 is 15.4 Å². The van der Waals surface area contributed by atoms with Crippen molar-refractivity contribution in [1.82, 2.24) is 5.32 Å². The van der Waals surface area contributed by atoms with Crippen LogP contribution in [-0.4, -0.2) is 18.1 Å². The highest BCUT2D eigenvalue weighted by Crippen LogP contribution is 2.23. The standard InChI is InChI=1S/C18H20N2O2S/c1-11-7-5-8-12(2)15(11)19-18(23)20-17(21)14-10-6-9-13(3)16(14)22-4/h5-10H,1-4H3,(H2,19,20,21,23). The van der Waals surface area contributed by atoms with Crippen LogP contribution in [0.3, 0.4) is 0 Å². The van der Waals surface area contributed by atoms with E-state index in [9.17, 15) is 4.79 Å². The van der Waals surface area contributed by atoms with E-state index in [1.807, 2.05) is 51.1 Å². The molecule has 0 aliphatic carbocycles. The summed E-state index contributed by atoms with van der Waals surface area (Å²) in [5.74, 6) is 0.258. The first kappa shape index (κ1) is 17.0. The normalized spacial score (nSPS) is 10.1. The van der Waals surface area contributed by atoms with E-state index >= 15 is 0 Å². The Labute approximate surface area is 141 Å². The van der Waals surface area contributed by atoms with Crippen molar-refractivity contribution < 1.29 is 9.53 Å². The molecule has 0 atom stereocenters. The summed E-state index contributed by atoms with van der Waals surface area (Å²) in [5, 5.41) is 6.05. The van der Waals surface area contributed by atoms with Crippen molar-refractivity contribution in [2.45, 2.75) is 20.8 Å². The highest BCUT2D eigenvalue weighted by molar-refractivity contribution is 7.80. The first-order valence-electron chi connectivity index (χ1n) is 7.26. The first-order chi connectivity index (χ1) is 10.9. The van der Waals surface area contributed by atoms with Crippen molar-refractivity contribution in [1.29, 1.82) is 0 Å². The molecule has 0 fully saturated rings. The van der Waals surface area contributed by atoms with Crippen LogP contribution in [0.15, 0.2) is 36.4 Å². The number of carbonyl (C=O) groups is 1. The minimum absolute atomic E-state index is 0.260. The molecule has 0 aliphatic heterocycles. The van der Waals surface area contributed by atoms with E-state index in [1.54, 1.807) is 13.2 Å². The van der Waals surface area contributed by atoms with Gasteiger partial charge in [-0.1, -0.05) is 30.3 Å². The number of anilines is 1. The highest BCUT2D eigenvalue weighted by Gasteiger charge is 2.15. The molecule has 2 rings (SSSR count). The lowest BCUT2D eigenvalue weighted by Crippen LogP contribution is -2.34. The number of hydrogen-bond donors (Lipinski definition) is 2. The Hall–Kier alpha value is -2.40. The number of hydrogen-bond acceptors (Lipinski definition) is 3. The van der Waals surface area contributed by atoms with Gasteiger partial charge in [0.05, 0.1) is 12.7 Å². The third-order valence-corrected chi connectivity index (χ3v) is 3.81. The smallest absolute Gasteiger partial charge is 0.261 e. The van der Waals surface area contributed by atoms with Gasteiger partial charge in [-0.05, 0) is 55.7 Å². The fraction of sp³-hybridized carbons (Fsp3) is 0.222. The van der Waals surface area contributed by atoms with E-state index in [2.05, 4.69) is 10.6 Å². The molecule has 2 aromatic carbocycles. The number of thiocarbonyl (C=S) groups is 1. The molecule has 0 aliphatic rings. The van der Waals surface area contributed by atoms with Crippen molar-refractivity contribution in [3.8, 4) is 5.75 Å². The molecule has 0 radical (unpaired) electrons. The molecule has 0 bridgehead atoms. The van der Waals surface area contributed by atoms with Crippen LogP contribution in [-0.2, 0) is 0 Å². The number of benzene rings is 2. The van der Waals surface area contributed by atoms with E-state index in [1.165, 1.54) is 0 Å². The predicted octanol–water partition coefficient (Wildman–Crippen LogP) is 3.75. The van der Waals surface area contributed by atoms with Crippen LogP contribution in [0.4, 0.5) is 5.69 Å². The number of ether oxygens (including phenoxy) is 1. The maximum absolute atomic E-state index is 12.4. The van der Waals surface area contributed by atoms with Crippen LogP contribution in [0.5, 0.6) is 5.75 Å². The van der Waals surface area contributed by atoms with Gasteiger partial charge in [0.25, 0.3) is 5.91 Å². The zero-order chi connectivity index (χ0) is 17.0. The first-order valence-corrected chi connectivity index (χ1v) is 7.67. The second-order valence-electron chi connectivity index (χ2n) is 5.33. The van der Waals surface area contributed by atoms with Gasteiger partial charge in [-0.3, -0.25) is 10.1 Å². The van der Waals surface area contributed by atoms with E-state index < -0.39 is 0 Å². The molecule has 23 heavy (non-hydrogen) atoms. The van der Waals surface area contributed by atoms with E-state index in [0.717, 1.165) is 22.4 Å². The molecule has 2 N–H and O–H groups in total. The SMILES string of the molecule is COc1c(C)cccc1C(=O)NC(=S)Nc1c(C)cccc1C. The molecular formula is C18H20N2O2S. The van der Waals surface area contributed by atoms with Gasteiger partial charge < -0.3 is 10.1 Å². The molecular weight excluding hydrogens is 308 g/mol. The minimum Gasteiger partial charge on any atom is -0.496 e. The summed E-state index contributed by atoms with van der Waals surface area (Å²) in [6.45, 7) is 5.87. The molecule has 1 amide bonds. The molecule has 5 heteroatoms. The summed E-state index contributed by atoms with van der Waals surface area (Å²) in [5.41, 5.74) is 4.39. The summed E-state index contributed by atoms with van der Waals surface area (Å²) in [4.78, 5) is 12.4. The van der Waals surface area contributed by atoms with E-state index in [4.69, 9.17) is 17.0 Å². The Morgan fingerprint density at radius 1 is 1.00 bits per heavy atom. The topological polar surface area (TPSA) is 50.4 Å². The van der Waals surface area contributed by atoms with Crippen LogP contribution in [0.1, 0.15) is 27.0 Å². The van der Waals surface area contributed by atoms with Crippen LogP contribution in [0, 0.1) is 20.8 Å². The minimum atomic E-state index is -0.297. The molecule has 0 spiro atoms. The van der Waals surface area contributed by atoms with Crippen molar-refractivity contribution in [2.24, 2.45) is 0 Å². The van der Waals surface area contributed by atoms with Crippen LogP contribution >= 0.6 is 12.2 Å². The van der Waals surface area contributed by atoms with E-state index in [-0.39, 0.29) is 11.0 Å². The second-order valence-corrected chi connectivity index (χ2v) is 5.74. The average molecular weight is 328 g/mol. The Bertz CT molecular complexity index is 736. The lowest BCUT2D eigenvalue weighted by Gasteiger charge is -2.15. The summed E-state index contributed by atoms with van der Waals surface area (Å²) >= 11 is 5.26. The summed E-state index contributed by atoms with van der Waals surface area (Å²) < 4.78 is 5.31. The van der Waals surface area contributed by atoms with Crippen molar-refractivity contribution in [3.05, 3.63) is 58.7 Å². The molecule has 2 aromatic rings. The van der Waals surface area contributed by atoms with Gasteiger partial charge in [0, 0.05) is 5.69 Å². The van der Waals surface area contributed by atoms with Crippen molar-refractivity contribution in [3.63, 3.8) is 0 Å². The Morgan fingerprint density at radius 3 is 2.17 bits per heavy atom. The maximum Gasteiger partial charge on any atom is 0.261 e. The molecule has 0 saturated heterocycles. The van der Waals surface area contributed by atoms with Gasteiger partial charge >= 0.3 is 0 Å². The number of rotatable bonds is 3. The third-order valence-electron chi connectivity index (χ3n) is 3.61. The third kappa shape index (κ3) is 3.87.